The molecule has 0 aliphatic heterocycles. The van der Waals surface area contributed by atoms with E-state index < -0.39 is 6.09 Å². The van der Waals surface area contributed by atoms with Crippen LogP contribution in [0.2, 0.25) is 0 Å². The van der Waals surface area contributed by atoms with E-state index in [0.29, 0.717) is 0 Å². The molecule has 3 nitrogen and oxygen atoms in total. The standard InChI is InChI=1S/C3H4.C2H5NO2/c1-2-3-1;1-5-2(3)4/h1-2H,3H2;1H3,(H2,3,4). The van der Waals surface area contributed by atoms with Gasteiger partial charge in [0.15, 0.2) is 0 Å². The maximum atomic E-state index is 9.37. The molecule has 1 aliphatic rings. The van der Waals surface area contributed by atoms with Crippen LogP contribution < -0.4 is 5.73 Å². The number of rotatable bonds is 0. The first kappa shape index (κ1) is 7.01. The van der Waals surface area contributed by atoms with Gasteiger partial charge in [-0.05, 0) is 6.42 Å². The molecule has 0 saturated heterocycles. The zero-order valence-electron chi connectivity index (χ0n) is 4.76. The van der Waals surface area contributed by atoms with E-state index in [9.17, 15) is 4.79 Å². The maximum absolute atomic E-state index is 9.37. The fourth-order valence-corrected chi connectivity index (χ4v) is 0. The van der Waals surface area contributed by atoms with Crippen LogP contribution in [-0.2, 0) is 4.74 Å². The van der Waals surface area contributed by atoms with Crippen LogP contribution in [0.5, 0.6) is 0 Å². The number of carbonyl (C=O) groups excluding carboxylic acids is 1. The lowest BCUT2D eigenvalue weighted by Gasteiger charge is -1.81. The van der Waals surface area contributed by atoms with Crippen LogP contribution in [0.25, 0.3) is 0 Å². The van der Waals surface area contributed by atoms with Gasteiger partial charge in [-0.2, -0.15) is 0 Å². The Morgan fingerprint density at radius 1 is 1.75 bits per heavy atom. The molecule has 3 heteroatoms. The van der Waals surface area contributed by atoms with E-state index >= 15 is 0 Å². The summed E-state index contributed by atoms with van der Waals surface area (Å²) < 4.78 is 3.89. The van der Waals surface area contributed by atoms with Gasteiger partial charge in [-0.15, -0.1) is 0 Å². The number of amides is 1. The van der Waals surface area contributed by atoms with Crippen LogP contribution in [0.1, 0.15) is 6.42 Å². The first-order valence-electron chi connectivity index (χ1n) is 2.26. The Hall–Kier alpha value is -0.990. The minimum atomic E-state index is -0.745. The van der Waals surface area contributed by atoms with Crippen molar-refractivity contribution in [2.45, 2.75) is 6.42 Å². The minimum absolute atomic E-state index is 0.745. The SMILES string of the molecule is C1=CC1.COC(N)=O. The highest BCUT2D eigenvalue weighted by Crippen LogP contribution is 1.96. The van der Waals surface area contributed by atoms with Crippen molar-refractivity contribution in [2.24, 2.45) is 5.73 Å². The number of hydrogen-bond acceptors (Lipinski definition) is 2. The quantitative estimate of drug-likeness (QED) is 0.471. The zero-order chi connectivity index (χ0) is 6.41. The Balaban J connectivity index is 0.000000135. The number of methoxy groups -OCH3 is 1. The van der Waals surface area contributed by atoms with Crippen molar-refractivity contribution in [1.29, 1.82) is 0 Å². The largest absolute Gasteiger partial charge is 0.453 e. The summed E-state index contributed by atoms with van der Waals surface area (Å²) in [7, 11) is 1.22. The van der Waals surface area contributed by atoms with Crippen molar-refractivity contribution < 1.29 is 9.53 Å². The minimum Gasteiger partial charge on any atom is -0.453 e. The molecular formula is C5H9NO2. The highest BCUT2D eigenvalue weighted by molar-refractivity contribution is 5.64. The molecule has 0 radical (unpaired) electrons. The second kappa shape index (κ2) is 4.18. The molecule has 8 heavy (non-hydrogen) atoms. The van der Waals surface area contributed by atoms with Crippen LogP contribution in [-0.4, -0.2) is 13.2 Å². The van der Waals surface area contributed by atoms with Gasteiger partial charge in [-0.1, -0.05) is 12.2 Å². The monoisotopic (exact) mass is 115 g/mol. The van der Waals surface area contributed by atoms with E-state index in [1.54, 1.807) is 0 Å². The van der Waals surface area contributed by atoms with Crippen molar-refractivity contribution in [2.75, 3.05) is 7.11 Å². The summed E-state index contributed by atoms with van der Waals surface area (Å²) in [6, 6.07) is 0. The van der Waals surface area contributed by atoms with Crippen molar-refractivity contribution in [3.63, 3.8) is 0 Å². The van der Waals surface area contributed by atoms with Crippen molar-refractivity contribution >= 4 is 6.09 Å². The van der Waals surface area contributed by atoms with Crippen LogP contribution in [0, 0.1) is 0 Å². The van der Waals surface area contributed by atoms with Crippen LogP contribution >= 0.6 is 0 Å². The van der Waals surface area contributed by atoms with Gasteiger partial charge < -0.3 is 10.5 Å². The Morgan fingerprint density at radius 2 is 2.00 bits per heavy atom. The lowest BCUT2D eigenvalue weighted by atomic mass is 10.9. The van der Waals surface area contributed by atoms with Crippen molar-refractivity contribution in [3.8, 4) is 0 Å². The molecule has 0 fully saturated rings. The number of hydrogen-bond donors (Lipinski definition) is 1. The van der Waals surface area contributed by atoms with Gasteiger partial charge in [-0.25, -0.2) is 4.79 Å². The van der Waals surface area contributed by atoms with E-state index in [1.165, 1.54) is 13.5 Å². The third kappa shape index (κ3) is 19.9. The van der Waals surface area contributed by atoms with E-state index in [1.807, 2.05) is 0 Å². The summed E-state index contributed by atoms with van der Waals surface area (Å²) in [6.45, 7) is 0. The Labute approximate surface area is 48.1 Å². The third-order valence-electron chi connectivity index (χ3n) is 0.437. The predicted molar refractivity (Wildman–Crippen MR) is 30.3 cm³/mol. The molecule has 0 spiro atoms. The molecule has 0 unspecified atom stereocenters. The van der Waals surface area contributed by atoms with E-state index in [4.69, 9.17) is 0 Å². The van der Waals surface area contributed by atoms with Crippen LogP contribution in [0.3, 0.4) is 0 Å². The van der Waals surface area contributed by atoms with Crippen molar-refractivity contribution in [3.05, 3.63) is 12.2 Å². The number of allylic oxidation sites excluding steroid dienone is 2. The molecule has 1 amide bonds. The molecule has 2 N–H and O–H groups in total. The van der Waals surface area contributed by atoms with Gasteiger partial charge in [0.1, 0.15) is 0 Å². The van der Waals surface area contributed by atoms with E-state index in [0.717, 1.165) is 0 Å². The first-order valence-corrected chi connectivity index (χ1v) is 2.26. The second-order valence-electron chi connectivity index (χ2n) is 1.23. The Bertz CT molecular complexity index is 94.6. The summed E-state index contributed by atoms with van der Waals surface area (Å²) in [5.74, 6) is 0. The molecular weight excluding hydrogens is 106 g/mol. The molecule has 0 aromatic rings. The summed E-state index contributed by atoms with van der Waals surface area (Å²) in [5, 5.41) is 0. The molecule has 0 heterocycles. The zero-order valence-corrected chi connectivity index (χ0v) is 4.76. The van der Waals surface area contributed by atoms with Gasteiger partial charge in [0, 0.05) is 0 Å². The lowest BCUT2D eigenvalue weighted by molar-refractivity contribution is 0.182. The maximum Gasteiger partial charge on any atom is 0.404 e. The molecule has 0 saturated carbocycles. The van der Waals surface area contributed by atoms with Gasteiger partial charge in [0.25, 0.3) is 0 Å². The van der Waals surface area contributed by atoms with Crippen molar-refractivity contribution in [1.82, 2.24) is 0 Å². The third-order valence-corrected chi connectivity index (χ3v) is 0.437. The number of carbonyl (C=O) groups is 1. The molecule has 0 aromatic heterocycles. The van der Waals surface area contributed by atoms with E-state index in [-0.39, 0.29) is 0 Å². The lowest BCUT2D eigenvalue weighted by Crippen LogP contribution is -2.08. The number of ether oxygens (including phenoxy) is 1. The first-order chi connectivity index (χ1) is 3.77. The number of nitrogens with two attached hydrogens (primary N) is 1. The average Bonchev–Trinajstić information content (AvgIpc) is 2.48. The van der Waals surface area contributed by atoms with Gasteiger partial charge in [0.2, 0.25) is 0 Å². The van der Waals surface area contributed by atoms with Crippen LogP contribution in [0.4, 0.5) is 4.79 Å². The summed E-state index contributed by atoms with van der Waals surface area (Å²) in [5.41, 5.74) is 4.43. The average molecular weight is 115 g/mol. The fraction of sp³-hybridized carbons (Fsp3) is 0.400. The summed E-state index contributed by atoms with van der Waals surface area (Å²) in [6.07, 6.45) is 4.75. The smallest absolute Gasteiger partial charge is 0.404 e. The molecule has 1 aliphatic carbocycles. The van der Waals surface area contributed by atoms with Gasteiger partial charge in [-0.3, -0.25) is 0 Å². The molecule has 0 bridgehead atoms. The predicted octanol–water partition coefficient (Wildman–Crippen LogP) is 0.658. The molecule has 1 rings (SSSR count). The topological polar surface area (TPSA) is 52.3 Å². The summed E-state index contributed by atoms with van der Waals surface area (Å²) >= 11 is 0. The normalized spacial score (nSPS) is 11.1. The number of primary amides is 1. The molecule has 0 aromatic carbocycles. The Morgan fingerprint density at radius 3 is 2.00 bits per heavy atom. The van der Waals surface area contributed by atoms with Gasteiger partial charge in [0.05, 0.1) is 7.11 Å². The highest BCUT2D eigenvalue weighted by Gasteiger charge is 1.76. The fourth-order valence-electron chi connectivity index (χ4n) is 0. The molecule has 0 atom stereocenters. The Kier molecular flexibility index (Phi) is 3.66. The molecule has 46 valence electrons. The second-order valence-corrected chi connectivity index (χ2v) is 1.23. The van der Waals surface area contributed by atoms with Crippen LogP contribution in [0.15, 0.2) is 12.2 Å². The van der Waals surface area contributed by atoms with E-state index in [2.05, 4.69) is 22.6 Å². The highest BCUT2D eigenvalue weighted by atomic mass is 16.5. The summed E-state index contributed by atoms with van der Waals surface area (Å²) in [4.78, 5) is 9.37. The van der Waals surface area contributed by atoms with Gasteiger partial charge >= 0.3 is 6.09 Å².